The van der Waals surface area contributed by atoms with Gasteiger partial charge in [0.05, 0.1) is 10.9 Å². The number of carboxylic acids is 1. The van der Waals surface area contributed by atoms with Gasteiger partial charge >= 0.3 is 5.97 Å². The molecule has 132 valence electrons. The van der Waals surface area contributed by atoms with E-state index in [2.05, 4.69) is 4.72 Å². The highest BCUT2D eigenvalue weighted by atomic mass is 35.5. The number of rotatable bonds is 6. The first-order valence-electron chi connectivity index (χ1n) is 7.97. The van der Waals surface area contributed by atoms with Gasteiger partial charge in [-0.1, -0.05) is 41.9 Å². The molecule has 3 rings (SSSR count). The molecule has 5 nitrogen and oxygen atoms in total. The number of hydrogen-bond acceptors (Lipinski definition) is 3. The maximum absolute atomic E-state index is 12.4. The Labute approximate surface area is 151 Å². The van der Waals surface area contributed by atoms with Crippen LogP contribution in [0.1, 0.15) is 29.0 Å². The molecule has 2 aromatic rings. The summed E-state index contributed by atoms with van der Waals surface area (Å²) in [5.41, 5.74) is 3.00. The summed E-state index contributed by atoms with van der Waals surface area (Å²) in [6.07, 6.45) is 3.00. The Morgan fingerprint density at radius 3 is 2.60 bits per heavy atom. The van der Waals surface area contributed by atoms with E-state index in [0.29, 0.717) is 5.56 Å². The Kier molecular flexibility index (Phi) is 5.13. The van der Waals surface area contributed by atoms with Crippen LogP contribution < -0.4 is 4.72 Å². The zero-order valence-corrected chi connectivity index (χ0v) is 15.0. The number of sulfonamides is 1. The molecular formula is C18H18ClNO4S. The van der Waals surface area contributed by atoms with Crippen LogP contribution >= 0.6 is 11.6 Å². The summed E-state index contributed by atoms with van der Waals surface area (Å²) in [4.78, 5) is 11.6. The molecule has 0 spiro atoms. The molecular weight excluding hydrogens is 362 g/mol. The molecule has 1 atom stereocenters. The molecule has 0 saturated heterocycles. The van der Waals surface area contributed by atoms with Crippen LogP contribution in [-0.2, 0) is 27.7 Å². The van der Waals surface area contributed by atoms with Crippen LogP contribution in [0.3, 0.4) is 0 Å². The van der Waals surface area contributed by atoms with Gasteiger partial charge in [-0.3, -0.25) is 4.79 Å². The van der Waals surface area contributed by atoms with Gasteiger partial charge in [-0.15, -0.1) is 0 Å². The molecule has 2 aromatic carbocycles. The first kappa shape index (κ1) is 17.9. The third kappa shape index (κ3) is 3.86. The van der Waals surface area contributed by atoms with Gasteiger partial charge in [-0.25, -0.2) is 13.1 Å². The molecule has 1 aliphatic carbocycles. The molecule has 0 aliphatic heterocycles. The van der Waals surface area contributed by atoms with Crippen LogP contribution in [0.5, 0.6) is 0 Å². The van der Waals surface area contributed by atoms with Gasteiger partial charge < -0.3 is 5.11 Å². The van der Waals surface area contributed by atoms with Gasteiger partial charge in [0.25, 0.3) is 0 Å². The van der Waals surface area contributed by atoms with Crippen LogP contribution in [0, 0.1) is 0 Å². The fourth-order valence-electron chi connectivity index (χ4n) is 3.09. The third-order valence-electron chi connectivity index (χ3n) is 4.43. The fourth-order valence-corrected chi connectivity index (χ4v) is 4.65. The van der Waals surface area contributed by atoms with Crippen LogP contribution in [0.2, 0.25) is 5.02 Å². The van der Waals surface area contributed by atoms with Crippen molar-refractivity contribution in [1.82, 2.24) is 4.72 Å². The molecule has 0 aromatic heterocycles. The number of fused-ring (bicyclic) bond motifs is 1. The van der Waals surface area contributed by atoms with Gasteiger partial charge in [-0.2, -0.15) is 0 Å². The first-order valence-corrected chi connectivity index (χ1v) is 9.83. The average Bonchev–Trinajstić information content (AvgIpc) is 3.02. The number of carbonyl (C=O) groups is 1. The van der Waals surface area contributed by atoms with Crippen LogP contribution in [0.15, 0.2) is 47.4 Å². The summed E-state index contributed by atoms with van der Waals surface area (Å²) in [6, 6.07) is 11.6. The lowest BCUT2D eigenvalue weighted by Gasteiger charge is -2.16. The maximum Gasteiger partial charge on any atom is 0.312 e. The van der Waals surface area contributed by atoms with Crippen LogP contribution in [-0.4, -0.2) is 26.0 Å². The van der Waals surface area contributed by atoms with E-state index in [1.54, 1.807) is 18.2 Å². The maximum atomic E-state index is 12.4. The van der Waals surface area contributed by atoms with E-state index in [9.17, 15) is 18.3 Å². The Morgan fingerprint density at radius 1 is 1.16 bits per heavy atom. The quantitative estimate of drug-likeness (QED) is 0.808. The number of hydrogen-bond donors (Lipinski definition) is 2. The molecule has 1 aliphatic rings. The molecule has 0 bridgehead atoms. The lowest BCUT2D eigenvalue weighted by molar-refractivity contribution is -0.138. The van der Waals surface area contributed by atoms with Crippen molar-refractivity contribution in [3.05, 3.63) is 64.2 Å². The van der Waals surface area contributed by atoms with Gasteiger partial charge in [0.2, 0.25) is 10.0 Å². The first-order chi connectivity index (χ1) is 11.9. The zero-order chi connectivity index (χ0) is 18.0. The molecule has 0 radical (unpaired) electrons. The highest BCUT2D eigenvalue weighted by molar-refractivity contribution is 7.89. The zero-order valence-electron chi connectivity index (χ0n) is 13.4. The molecule has 1 unspecified atom stereocenters. The fraction of sp³-hybridized carbons (Fsp3) is 0.278. The van der Waals surface area contributed by atoms with E-state index in [0.717, 1.165) is 24.8 Å². The van der Waals surface area contributed by atoms with Gasteiger partial charge in [0.1, 0.15) is 4.90 Å². The van der Waals surface area contributed by atoms with Crippen molar-refractivity contribution in [2.75, 3.05) is 6.54 Å². The van der Waals surface area contributed by atoms with Gasteiger partial charge in [0, 0.05) is 6.54 Å². The highest BCUT2D eigenvalue weighted by Crippen LogP contribution is 2.27. The smallest absolute Gasteiger partial charge is 0.312 e. The van der Waals surface area contributed by atoms with Crippen LogP contribution in [0.25, 0.3) is 0 Å². The summed E-state index contributed by atoms with van der Waals surface area (Å²) in [5.74, 6) is -2.03. The molecule has 7 heteroatoms. The minimum atomic E-state index is -3.88. The summed E-state index contributed by atoms with van der Waals surface area (Å²) < 4.78 is 27.2. The minimum Gasteiger partial charge on any atom is -0.481 e. The van der Waals surface area contributed by atoms with Crippen molar-refractivity contribution in [2.45, 2.75) is 30.1 Å². The predicted octanol–water partition coefficient (Wildman–Crippen LogP) is 2.98. The third-order valence-corrected chi connectivity index (χ3v) is 6.35. The number of halogens is 1. The highest BCUT2D eigenvalue weighted by Gasteiger charge is 2.25. The van der Waals surface area contributed by atoms with Crippen molar-refractivity contribution in [3.63, 3.8) is 0 Å². The predicted molar refractivity (Wildman–Crippen MR) is 95.5 cm³/mol. The number of carboxylic acid groups (broad SMARTS) is 1. The minimum absolute atomic E-state index is 0.0604. The number of benzene rings is 2. The van der Waals surface area contributed by atoms with E-state index < -0.39 is 21.9 Å². The van der Waals surface area contributed by atoms with E-state index in [1.807, 2.05) is 12.1 Å². The standard InChI is InChI=1S/C18H18ClNO4S/c19-16-6-1-2-7-17(16)25(23,24)20-11-15(18(21)22)14-9-8-12-4-3-5-13(12)10-14/h1-2,6-10,15,20H,3-5,11H2,(H,21,22). The average molecular weight is 380 g/mol. The lowest BCUT2D eigenvalue weighted by Crippen LogP contribution is -2.32. The van der Waals surface area contributed by atoms with E-state index >= 15 is 0 Å². The molecule has 0 saturated carbocycles. The number of aliphatic carboxylic acids is 1. The molecule has 25 heavy (non-hydrogen) atoms. The van der Waals surface area contributed by atoms with Gasteiger partial charge in [-0.05, 0) is 48.1 Å². The summed E-state index contributed by atoms with van der Waals surface area (Å²) in [6.45, 7) is -0.234. The Hall–Kier alpha value is -1.89. The van der Waals surface area contributed by atoms with E-state index in [4.69, 9.17) is 11.6 Å². The molecule has 0 fully saturated rings. The second-order valence-electron chi connectivity index (χ2n) is 6.05. The van der Waals surface area contributed by atoms with E-state index in [-0.39, 0.29) is 16.5 Å². The van der Waals surface area contributed by atoms with Crippen molar-refractivity contribution < 1.29 is 18.3 Å². The molecule has 2 N–H and O–H groups in total. The Bertz CT molecular complexity index is 911. The van der Waals surface area contributed by atoms with Crippen molar-refractivity contribution >= 4 is 27.6 Å². The number of nitrogens with one attached hydrogen (secondary N) is 1. The Morgan fingerprint density at radius 2 is 1.88 bits per heavy atom. The second kappa shape index (κ2) is 7.15. The molecule has 0 heterocycles. The normalized spacial score (nSPS) is 14.9. The number of aryl methyl sites for hydroxylation is 2. The summed E-state index contributed by atoms with van der Waals surface area (Å²) in [7, 11) is -3.88. The van der Waals surface area contributed by atoms with Crippen LogP contribution in [0.4, 0.5) is 0 Å². The second-order valence-corrected chi connectivity index (χ2v) is 8.20. The summed E-state index contributed by atoms with van der Waals surface area (Å²) >= 11 is 5.93. The van der Waals surface area contributed by atoms with Crippen molar-refractivity contribution in [1.29, 1.82) is 0 Å². The molecule has 0 amide bonds. The van der Waals surface area contributed by atoms with Crippen molar-refractivity contribution in [3.8, 4) is 0 Å². The summed E-state index contributed by atoms with van der Waals surface area (Å²) in [5, 5.41) is 9.63. The monoisotopic (exact) mass is 379 g/mol. The Balaban J connectivity index is 1.81. The largest absolute Gasteiger partial charge is 0.481 e. The van der Waals surface area contributed by atoms with Gasteiger partial charge in [0.15, 0.2) is 0 Å². The van der Waals surface area contributed by atoms with E-state index in [1.165, 1.54) is 17.7 Å². The SMILES string of the molecule is O=C(O)C(CNS(=O)(=O)c1ccccc1Cl)c1ccc2c(c1)CCC2. The lowest BCUT2D eigenvalue weighted by atomic mass is 9.96. The topological polar surface area (TPSA) is 83.5 Å². The van der Waals surface area contributed by atoms with Crippen molar-refractivity contribution in [2.24, 2.45) is 0 Å².